The van der Waals surface area contributed by atoms with E-state index in [0.29, 0.717) is 17.2 Å². The van der Waals surface area contributed by atoms with E-state index >= 15 is 0 Å². The molecule has 2 aromatic rings. The van der Waals surface area contributed by atoms with E-state index in [2.05, 4.69) is 35.6 Å². The Morgan fingerprint density at radius 2 is 1.92 bits per heavy atom. The van der Waals surface area contributed by atoms with Crippen LogP contribution in [0.1, 0.15) is 49.4 Å². The second-order valence-corrected chi connectivity index (χ2v) is 8.26. The van der Waals surface area contributed by atoms with Crippen LogP contribution in [0.4, 0.5) is 5.69 Å². The number of thioether (sulfide) groups is 1. The van der Waals surface area contributed by atoms with E-state index in [1.54, 1.807) is 24.3 Å². The molecule has 0 radical (unpaired) electrons. The monoisotopic (exact) mass is 373 g/mol. The standard InChI is InChI=1S/C20H27N3O2S/c1-12(2)11-23-14(4)13(3)21-20(23)26-16(6)19(25)22-18-9-7-8-17(10-18)15(5)24/h7-10,12,16H,11H2,1-6H3,(H,22,25)/t16-/m0/s1. The van der Waals surface area contributed by atoms with Crippen molar-refractivity contribution in [2.75, 3.05) is 5.32 Å². The lowest BCUT2D eigenvalue weighted by atomic mass is 10.1. The molecule has 0 fully saturated rings. The first-order chi connectivity index (χ1) is 12.2. The van der Waals surface area contributed by atoms with Gasteiger partial charge in [-0.1, -0.05) is 37.7 Å². The van der Waals surface area contributed by atoms with Gasteiger partial charge in [0.15, 0.2) is 10.9 Å². The predicted octanol–water partition coefficient (Wildman–Crippen LogP) is 4.48. The van der Waals surface area contributed by atoms with Crippen molar-refractivity contribution in [1.29, 1.82) is 0 Å². The summed E-state index contributed by atoms with van der Waals surface area (Å²) in [5.74, 6) is 0.371. The molecule has 0 saturated heterocycles. The Labute approximate surface area is 159 Å². The average molecular weight is 374 g/mol. The number of carbonyl (C=O) groups is 2. The molecule has 1 heterocycles. The van der Waals surface area contributed by atoms with Gasteiger partial charge in [-0.3, -0.25) is 9.59 Å². The molecule has 1 aromatic heterocycles. The lowest BCUT2D eigenvalue weighted by Gasteiger charge is -2.15. The second kappa shape index (κ2) is 8.54. The molecule has 0 aliphatic carbocycles. The van der Waals surface area contributed by atoms with Gasteiger partial charge in [-0.15, -0.1) is 0 Å². The number of hydrogen-bond acceptors (Lipinski definition) is 4. The molecular weight excluding hydrogens is 346 g/mol. The highest BCUT2D eigenvalue weighted by atomic mass is 32.2. The molecule has 26 heavy (non-hydrogen) atoms. The van der Waals surface area contributed by atoms with E-state index in [0.717, 1.165) is 23.1 Å². The van der Waals surface area contributed by atoms with Crippen LogP contribution in [0.15, 0.2) is 29.4 Å². The zero-order valence-electron chi connectivity index (χ0n) is 16.3. The number of nitrogens with one attached hydrogen (secondary N) is 1. The fraction of sp³-hybridized carbons (Fsp3) is 0.450. The smallest absolute Gasteiger partial charge is 0.237 e. The fourth-order valence-corrected chi connectivity index (χ4v) is 3.58. The minimum atomic E-state index is -0.303. The highest BCUT2D eigenvalue weighted by molar-refractivity contribution is 8.00. The first-order valence-corrected chi connectivity index (χ1v) is 9.69. The van der Waals surface area contributed by atoms with Gasteiger partial charge in [-0.05, 0) is 45.7 Å². The van der Waals surface area contributed by atoms with Crippen LogP contribution in [-0.4, -0.2) is 26.5 Å². The summed E-state index contributed by atoms with van der Waals surface area (Å²) in [6.07, 6.45) is 0. The minimum absolute atomic E-state index is 0.0230. The van der Waals surface area contributed by atoms with Gasteiger partial charge in [-0.2, -0.15) is 0 Å². The Kier molecular flexibility index (Phi) is 6.64. The summed E-state index contributed by atoms with van der Waals surface area (Å²) >= 11 is 1.46. The normalized spacial score (nSPS) is 12.3. The molecule has 6 heteroatoms. The summed E-state index contributed by atoms with van der Waals surface area (Å²) in [6.45, 7) is 12.7. The molecule has 0 aliphatic heterocycles. The number of hydrogen-bond donors (Lipinski definition) is 1. The van der Waals surface area contributed by atoms with Crippen molar-refractivity contribution in [3.63, 3.8) is 0 Å². The first-order valence-electron chi connectivity index (χ1n) is 8.81. The molecule has 1 amide bonds. The Morgan fingerprint density at radius 1 is 1.23 bits per heavy atom. The van der Waals surface area contributed by atoms with E-state index < -0.39 is 0 Å². The highest BCUT2D eigenvalue weighted by Crippen LogP contribution is 2.27. The van der Waals surface area contributed by atoms with Gasteiger partial charge in [0.25, 0.3) is 0 Å². The van der Waals surface area contributed by atoms with Crippen molar-refractivity contribution in [3.8, 4) is 0 Å². The number of carbonyl (C=O) groups excluding carboxylic acids is 2. The van der Waals surface area contributed by atoms with Gasteiger partial charge in [0.1, 0.15) is 0 Å². The van der Waals surface area contributed by atoms with Crippen LogP contribution in [-0.2, 0) is 11.3 Å². The number of amides is 1. The van der Waals surface area contributed by atoms with Crippen LogP contribution in [0.3, 0.4) is 0 Å². The number of anilines is 1. The SMILES string of the molecule is CC(=O)c1cccc(NC(=O)[C@H](C)Sc2nc(C)c(C)n2CC(C)C)c1. The number of Topliss-reactive ketones (excluding diaryl/α,β-unsaturated/α-hetero) is 1. The Morgan fingerprint density at radius 3 is 2.54 bits per heavy atom. The minimum Gasteiger partial charge on any atom is -0.325 e. The van der Waals surface area contributed by atoms with Gasteiger partial charge in [0.2, 0.25) is 5.91 Å². The number of benzene rings is 1. The number of rotatable bonds is 7. The second-order valence-electron chi connectivity index (χ2n) is 6.96. The molecule has 2 rings (SSSR count). The van der Waals surface area contributed by atoms with Crippen LogP contribution in [0, 0.1) is 19.8 Å². The van der Waals surface area contributed by atoms with Gasteiger partial charge in [0, 0.05) is 23.5 Å². The van der Waals surface area contributed by atoms with E-state index in [1.807, 2.05) is 13.8 Å². The molecule has 1 atom stereocenters. The maximum Gasteiger partial charge on any atom is 0.237 e. The quantitative estimate of drug-likeness (QED) is 0.574. The zero-order valence-corrected chi connectivity index (χ0v) is 17.1. The summed E-state index contributed by atoms with van der Waals surface area (Å²) in [7, 11) is 0. The van der Waals surface area contributed by atoms with Crippen LogP contribution in [0.25, 0.3) is 0 Å². The molecule has 0 aliphatic rings. The topological polar surface area (TPSA) is 64.0 Å². The van der Waals surface area contributed by atoms with Crippen molar-refractivity contribution in [2.24, 2.45) is 5.92 Å². The maximum atomic E-state index is 12.6. The third-order valence-corrected chi connectivity index (χ3v) is 5.25. The molecule has 1 N–H and O–H groups in total. The van der Waals surface area contributed by atoms with E-state index in [1.165, 1.54) is 18.7 Å². The Bertz CT molecular complexity index is 811. The van der Waals surface area contributed by atoms with Crippen molar-refractivity contribution in [1.82, 2.24) is 9.55 Å². The number of imidazole rings is 1. The molecule has 140 valence electrons. The van der Waals surface area contributed by atoms with Gasteiger partial charge in [-0.25, -0.2) is 4.98 Å². The summed E-state index contributed by atoms with van der Waals surface area (Å²) < 4.78 is 2.19. The molecule has 0 bridgehead atoms. The van der Waals surface area contributed by atoms with Crippen molar-refractivity contribution in [3.05, 3.63) is 41.2 Å². The van der Waals surface area contributed by atoms with Crippen LogP contribution < -0.4 is 5.32 Å². The van der Waals surface area contributed by atoms with Crippen LogP contribution in [0.5, 0.6) is 0 Å². The maximum absolute atomic E-state index is 12.6. The number of aromatic nitrogens is 2. The third-order valence-electron chi connectivity index (χ3n) is 4.16. The third kappa shape index (κ3) is 4.97. The summed E-state index contributed by atoms with van der Waals surface area (Å²) in [4.78, 5) is 28.7. The van der Waals surface area contributed by atoms with E-state index in [4.69, 9.17) is 0 Å². The Hall–Kier alpha value is -2.08. The van der Waals surface area contributed by atoms with E-state index in [9.17, 15) is 9.59 Å². The van der Waals surface area contributed by atoms with Gasteiger partial charge >= 0.3 is 0 Å². The van der Waals surface area contributed by atoms with Crippen molar-refractivity contribution >= 4 is 29.1 Å². The number of ketones is 1. The molecular formula is C20H27N3O2S. The van der Waals surface area contributed by atoms with Crippen molar-refractivity contribution < 1.29 is 9.59 Å². The fourth-order valence-electron chi connectivity index (χ4n) is 2.57. The lowest BCUT2D eigenvalue weighted by Crippen LogP contribution is -2.23. The molecule has 0 unspecified atom stereocenters. The molecule has 0 saturated carbocycles. The summed E-state index contributed by atoms with van der Waals surface area (Å²) in [5, 5.41) is 3.46. The van der Waals surface area contributed by atoms with Gasteiger partial charge < -0.3 is 9.88 Å². The Balaban J connectivity index is 2.11. The van der Waals surface area contributed by atoms with Gasteiger partial charge in [0.05, 0.1) is 10.9 Å². The van der Waals surface area contributed by atoms with E-state index in [-0.39, 0.29) is 16.9 Å². The lowest BCUT2D eigenvalue weighted by molar-refractivity contribution is -0.115. The first kappa shape index (κ1) is 20.2. The van der Waals surface area contributed by atoms with Crippen molar-refractivity contribution in [2.45, 2.75) is 58.5 Å². The average Bonchev–Trinajstić information content (AvgIpc) is 2.82. The van der Waals surface area contributed by atoms with Crippen LogP contribution in [0.2, 0.25) is 0 Å². The largest absolute Gasteiger partial charge is 0.325 e. The highest BCUT2D eigenvalue weighted by Gasteiger charge is 2.20. The summed E-state index contributed by atoms with van der Waals surface area (Å²) in [6, 6.07) is 7.00. The predicted molar refractivity (Wildman–Crippen MR) is 107 cm³/mol. The number of nitrogens with zero attached hydrogens (tertiary/aromatic N) is 2. The van der Waals surface area contributed by atoms with Crippen LogP contribution >= 0.6 is 11.8 Å². The zero-order chi connectivity index (χ0) is 19.4. The number of aryl methyl sites for hydroxylation is 1. The molecule has 1 aromatic carbocycles. The molecule has 5 nitrogen and oxygen atoms in total. The summed E-state index contributed by atoms with van der Waals surface area (Å²) in [5.41, 5.74) is 3.35. The molecule has 0 spiro atoms.